The van der Waals surface area contributed by atoms with E-state index in [0.29, 0.717) is 22.4 Å². The van der Waals surface area contributed by atoms with Crippen LogP contribution in [-0.4, -0.2) is 67.7 Å². The van der Waals surface area contributed by atoms with Crippen LogP contribution in [0.2, 0.25) is 0 Å². The summed E-state index contributed by atoms with van der Waals surface area (Å²) in [7, 11) is -1.88. The molecule has 0 bridgehead atoms. The summed E-state index contributed by atoms with van der Waals surface area (Å²) in [6.45, 7) is 0.407. The SMILES string of the molecule is CN(CCN(c1ccc(C[C@H](Nc2nc3ccccc3o2)C(=O)O)cc1)S(C)(=O)=O)C(=O)C1CCCCC1. The zero-order valence-corrected chi connectivity index (χ0v) is 22.5. The van der Waals surface area contributed by atoms with E-state index >= 15 is 0 Å². The molecule has 1 atom stereocenters. The van der Waals surface area contributed by atoms with E-state index in [2.05, 4.69) is 10.3 Å². The van der Waals surface area contributed by atoms with E-state index in [1.54, 1.807) is 54.4 Å². The second-order valence-corrected chi connectivity index (χ2v) is 11.7. The Morgan fingerprint density at radius 2 is 1.76 bits per heavy atom. The third-order valence-corrected chi connectivity index (χ3v) is 8.12. The van der Waals surface area contributed by atoms with Crippen LogP contribution in [0, 0.1) is 5.92 Å². The number of oxazole rings is 1. The van der Waals surface area contributed by atoms with Gasteiger partial charge in [0.25, 0.3) is 6.01 Å². The summed E-state index contributed by atoms with van der Waals surface area (Å²) in [4.78, 5) is 30.6. The van der Waals surface area contributed by atoms with Crippen molar-refractivity contribution in [3.8, 4) is 0 Å². The molecule has 38 heavy (non-hydrogen) atoms. The Labute approximate surface area is 222 Å². The molecule has 1 aliphatic carbocycles. The molecular weight excluding hydrogens is 508 g/mol. The molecule has 2 aromatic carbocycles. The highest BCUT2D eigenvalue weighted by Crippen LogP contribution is 2.26. The number of nitrogens with zero attached hydrogens (tertiary/aromatic N) is 3. The maximum absolute atomic E-state index is 12.8. The van der Waals surface area contributed by atoms with Gasteiger partial charge in [-0.2, -0.15) is 4.98 Å². The van der Waals surface area contributed by atoms with Crippen molar-refractivity contribution in [2.75, 3.05) is 36.0 Å². The molecule has 204 valence electrons. The fourth-order valence-corrected chi connectivity index (χ4v) is 5.73. The molecule has 0 radical (unpaired) electrons. The molecule has 0 aliphatic heterocycles. The summed E-state index contributed by atoms with van der Waals surface area (Å²) in [6, 6.07) is 13.0. The van der Waals surface area contributed by atoms with Gasteiger partial charge in [0, 0.05) is 25.9 Å². The van der Waals surface area contributed by atoms with Gasteiger partial charge in [-0.1, -0.05) is 43.5 Å². The molecule has 1 heterocycles. The summed E-state index contributed by atoms with van der Waals surface area (Å²) in [6.07, 6.45) is 6.31. The molecule has 0 spiro atoms. The minimum absolute atomic E-state index is 0.0188. The number of aromatic nitrogens is 1. The molecule has 0 saturated heterocycles. The summed E-state index contributed by atoms with van der Waals surface area (Å²) in [5, 5.41) is 12.6. The summed E-state index contributed by atoms with van der Waals surface area (Å²) in [5.41, 5.74) is 2.32. The highest BCUT2D eigenvalue weighted by Gasteiger charge is 2.26. The number of rotatable bonds is 11. The van der Waals surface area contributed by atoms with Gasteiger partial charge in [-0.15, -0.1) is 0 Å². The van der Waals surface area contributed by atoms with E-state index in [1.807, 2.05) is 6.07 Å². The molecular formula is C27H34N4O6S. The van der Waals surface area contributed by atoms with Crippen LogP contribution in [0.15, 0.2) is 52.9 Å². The van der Waals surface area contributed by atoms with Crippen LogP contribution in [0.25, 0.3) is 11.1 Å². The number of carboxylic acid groups (broad SMARTS) is 1. The van der Waals surface area contributed by atoms with Crippen LogP contribution in [0.3, 0.4) is 0 Å². The number of hydrogen-bond acceptors (Lipinski definition) is 7. The average molecular weight is 543 g/mol. The molecule has 1 fully saturated rings. The second kappa shape index (κ2) is 11.8. The van der Waals surface area contributed by atoms with E-state index < -0.39 is 22.0 Å². The van der Waals surface area contributed by atoms with Crippen LogP contribution in [0.5, 0.6) is 0 Å². The van der Waals surface area contributed by atoms with Crippen LogP contribution < -0.4 is 9.62 Å². The molecule has 0 unspecified atom stereocenters. The minimum atomic E-state index is -3.60. The van der Waals surface area contributed by atoms with Crippen LogP contribution in [0.1, 0.15) is 37.7 Å². The summed E-state index contributed by atoms with van der Waals surface area (Å²) in [5.74, 6) is -0.982. The third kappa shape index (κ3) is 6.83. The first kappa shape index (κ1) is 27.4. The maximum atomic E-state index is 12.8. The zero-order valence-electron chi connectivity index (χ0n) is 21.7. The predicted octanol–water partition coefficient (Wildman–Crippen LogP) is 3.74. The van der Waals surface area contributed by atoms with Crippen LogP contribution in [0.4, 0.5) is 11.7 Å². The first-order valence-corrected chi connectivity index (χ1v) is 14.6. The Morgan fingerprint density at radius 3 is 2.39 bits per heavy atom. The van der Waals surface area contributed by atoms with Crippen molar-refractivity contribution in [3.05, 3.63) is 54.1 Å². The third-order valence-electron chi connectivity index (χ3n) is 6.92. The number of nitrogens with one attached hydrogen (secondary N) is 1. The number of sulfonamides is 1. The van der Waals surface area contributed by atoms with Gasteiger partial charge < -0.3 is 19.7 Å². The van der Waals surface area contributed by atoms with Crippen LogP contribution >= 0.6 is 0 Å². The number of amides is 1. The highest BCUT2D eigenvalue weighted by atomic mass is 32.2. The zero-order chi connectivity index (χ0) is 27.3. The Bertz CT molecular complexity index is 1330. The minimum Gasteiger partial charge on any atom is -0.480 e. The quantitative estimate of drug-likeness (QED) is 0.374. The number of carbonyl (C=O) groups excluding carboxylic acids is 1. The van der Waals surface area contributed by atoms with Gasteiger partial charge in [0.15, 0.2) is 5.58 Å². The number of benzene rings is 2. The number of carbonyl (C=O) groups is 2. The standard InChI is InChI=1S/C27H34N4O6S/c1-30(25(32)20-8-4-3-5-9-20)16-17-31(38(2,35)36)21-14-12-19(13-15-21)18-23(26(33)34)29-27-28-22-10-6-7-11-24(22)37-27/h6-7,10-15,20,23H,3-5,8-9,16-18H2,1-2H3,(H,28,29)(H,33,34)/t23-/m0/s1. The molecule has 1 amide bonds. The number of anilines is 2. The van der Waals surface area contributed by atoms with Crippen molar-refractivity contribution in [1.29, 1.82) is 0 Å². The topological polar surface area (TPSA) is 133 Å². The van der Waals surface area contributed by atoms with Crippen molar-refractivity contribution in [2.45, 2.75) is 44.6 Å². The normalized spacial score (nSPS) is 15.2. The average Bonchev–Trinajstić information content (AvgIpc) is 3.31. The van der Waals surface area contributed by atoms with Crippen molar-refractivity contribution in [1.82, 2.24) is 9.88 Å². The van der Waals surface area contributed by atoms with Gasteiger partial charge in [-0.3, -0.25) is 9.10 Å². The van der Waals surface area contributed by atoms with E-state index in [-0.39, 0.29) is 37.4 Å². The molecule has 1 saturated carbocycles. The molecule has 4 rings (SSSR count). The monoisotopic (exact) mass is 542 g/mol. The first-order chi connectivity index (χ1) is 18.1. The Kier molecular flexibility index (Phi) is 8.55. The molecule has 1 aromatic heterocycles. The van der Waals surface area contributed by atoms with Gasteiger partial charge in [-0.25, -0.2) is 13.2 Å². The lowest BCUT2D eigenvalue weighted by molar-refractivity contribution is -0.138. The van der Waals surface area contributed by atoms with E-state index in [1.165, 1.54) is 4.31 Å². The number of aliphatic carboxylic acids is 1. The summed E-state index contributed by atoms with van der Waals surface area (Å²) >= 11 is 0. The number of fused-ring (bicyclic) bond motifs is 1. The molecule has 1 aliphatic rings. The van der Waals surface area contributed by atoms with E-state index in [9.17, 15) is 23.1 Å². The van der Waals surface area contributed by atoms with Crippen molar-refractivity contribution in [2.24, 2.45) is 5.92 Å². The van der Waals surface area contributed by atoms with Gasteiger partial charge in [0.1, 0.15) is 11.6 Å². The largest absolute Gasteiger partial charge is 0.480 e. The Balaban J connectivity index is 1.41. The summed E-state index contributed by atoms with van der Waals surface area (Å²) < 4.78 is 32.0. The lowest BCUT2D eigenvalue weighted by Gasteiger charge is -2.29. The molecule has 3 aromatic rings. The first-order valence-electron chi connectivity index (χ1n) is 12.8. The maximum Gasteiger partial charge on any atom is 0.326 e. The number of likely N-dealkylation sites (N-methyl/N-ethyl adjacent to an activating group) is 1. The number of hydrogen-bond donors (Lipinski definition) is 2. The van der Waals surface area contributed by atoms with E-state index in [4.69, 9.17) is 4.42 Å². The molecule has 10 nitrogen and oxygen atoms in total. The number of carboxylic acids is 1. The lowest BCUT2D eigenvalue weighted by Crippen LogP contribution is -2.41. The van der Waals surface area contributed by atoms with Crippen molar-refractivity contribution >= 4 is 44.7 Å². The predicted molar refractivity (Wildman–Crippen MR) is 146 cm³/mol. The van der Waals surface area contributed by atoms with E-state index in [0.717, 1.165) is 38.4 Å². The van der Waals surface area contributed by atoms with Gasteiger partial charge in [0.2, 0.25) is 15.9 Å². The van der Waals surface area contributed by atoms with Crippen LogP contribution in [-0.2, 0) is 26.0 Å². The Morgan fingerprint density at radius 1 is 1.08 bits per heavy atom. The van der Waals surface area contributed by atoms with Crippen molar-refractivity contribution in [3.63, 3.8) is 0 Å². The highest BCUT2D eigenvalue weighted by molar-refractivity contribution is 7.92. The van der Waals surface area contributed by atoms with Gasteiger partial charge in [-0.05, 0) is 42.7 Å². The molecule has 11 heteroatoms. The van der Waals surface area contributed by atoms with Gasteiger partial charge in [0.05, 0.1) is 18.5 Å². The van der Waals surface area contributed by atoms with Crippen molar-refractivity contribution < 1.29 is 27.5 Å². The lowest BCUT2D eigenvalue weighted by atomic mass is 9.88. The fraction of sp³-hybridized carbons (Fsp3) is 0.444. The fourth-order valence-electron chi connectivity index (χ4n) is 4.82. The number of para-hydroxylation sites is 2. The Hall–Kier alpha value is -3.60. The van der Waals surface area contributed by atoms with Gasteiger partial charge >= 0.3 is 5.97 Å². The smallest absolute Gasteiger partial charge is 0.326 e. The second-order valence-electron chi connectivity index (χ2n) is 9.82. The molecule has 2 N–H and O–H groups in total.